The molecule has 1 aliphatic rings. The fraction of sp³-hybridized carbons (Fsp3) is 0.211. The van der Waals surface area contributed by atoms with Crippen LogP contribution in [0.1, 0.15) is 25.5 Å². The quantitative estimate of drug-likeness (QED) is 0.562. The lowest BCUT2D eigenvalue weighted by atomic mass is 10.1. The van der Waals surface area contributed by atoms with Gasteiger partial charge in [0.1, 0.15) is 27.7 Å². The highest BCUT2D eigenvalue weighted by Crippen LogP contribution is 2.35. The molecule has 1 aromatic carbocycles. The Hall–Kier alpha value is -2.45. The van der Waals surface area contributed by atoms with E-state index in [1.807, 2.05) is 6.92 Å². The van der Waals surface area contributed by atoms with Gasteiger partial charge in [-0.1, -0.05) is 49.5 Å². The van der Waals surface area contributed by atoms with Gasteiger partial charge in [-0.15, -0.1) is 0 Å². The predicted molar refractivity (Wildman–Crippen MR) is 105 cm³/mol. The second-order valence-corrected chi connectivity index (χ2v) is 7.55. The van der Waals surface area contributed by atoms with Gasteiger partial charge in [0.2, 0.25) is 0 Å². The van der Waals surface area contributed by atoms with E-state index in [1.165, 1.54) is 12.1 Å². The lowest BCUT2D eigenvalue weighted by molar-refractivity contribution is -0.145. The van der Waals surface area contributed by atoms with E-state index in [1.54, 1.807) is 30.3 Å². The van der Waals surface area contributed by atoms with Crippen molar-refractivity contribution in [3.05, 3.63) is 52.9 Å². The minimum absolute atomic E-state index is 0.202. The van der Waals surface area contributed by atoms with Crippen molar-refractivity contribution in [3.8, 4) is 11.3 Å². The zero-order valence-corrected chi connectivity index (χ0v) is 16.0. The average molecular weight is 405 g/mol. The summed E-state index contributed by atoms with van der Waals surface area (Å²) in [5.74, 6) is -1.27. The van der Waals surface area contributed by atoms with Crippen LogP contribution in [0.5, 0.6) is 0 Å². The number of carbonyl (C=O) groups excluding carboxylic acids is 1. The van der Waals surface area contributed by atoms with Crippen molar-refractivity contribution in [2.45, 2.75) is 25.8 Å². The average Bonchev–Trinajstić information content (AvgIpc) is 3.19. The standard InChI is InChI=1S/C19H16FNO4S2/c1-2-5-14(18(23)24)21-17(22)16(27-19(21)26)10-11-8-9-15(25-11)12-6-3-4-7-13(12)20/h3-4,6-10,14H,2,5H2,1H3,(H,23,24)/b16-10+. The summed E-state index contributed by atoms with van der Waals surface area (Å²) in [6.45, 7) is 1.84. The van der Waals surface area contributed by atoms with E-state index in [0.717, 1.165) is 16.7 Å². The topological polar surface area (TPSA) is 70.8 Å². The number of carbonyl (C=O) groups is 2. The molecule has 0 saturated carbocycles. The summed E-state index contributed by atoms with van der Waals surface area (Å²) < 4.78 is 19.7. The Kier molecular flexibility index (Phi) is 5.76. The maximum Gasteiger partial charge on any atom is 0.326 e. The summed E-state index contributed by atoms with van der Waals surface area (Å²) in [6.07, 6.45) is 2.42. The molecule has 1 saturated heterocycles. The van der Waals surface area contributed by atoms with Gasteiger partial charge in [0.25, 0.3) is 5.91 Å². The molecule has 2 aromatic rings. The monoisotopic (exact) mass is 405 g/mol. The molecule has 0 aliphatic carbocycles. The highest BCUT2D eigenvalue weighted by Gasteiger charge is 2.40. The van der Waals surface area contributed by atoms with Crippen molar-refractivity contribution in [1.29, 1.82) is 0 Å². The van der Waals surface area contributed by atoms with Gasteiger partial charge in [-0.05, 0) is 30.7 Å². The van der Waals surface area contributed by atoms with E-state index in [0.29, 0.717) is 29.9 Å². The van der Waals surface area contributed by atoms with E-state index in [-0.39, 0.29) is 9.23 Å². The summed E-state index contributed by atoms with van der Waals surface area (Å²) in [5.41, 5.74) is 0.318. The molecule has 1 aromatic heterocycles. The Morgan fingerprint density at radius 1 is 1.37 bits per heavy atom. The van der Waals surface area contributed by atoms with Gasteiger partial charge in [0.15, 0.2) is 0 Å². The van der Waals surface area contributed by atoms with Crippen LogP contribution in [0.15, 0.2) is 45.7 Å². The zero-order chi connectivity index (χ0) is 19.6. The fourth-order valence-corrected chi connectivity index (χ4v) is 4.09. The highest BCUT2D eigenvalue weighted by molar-refractivity contribution is 8.26. The van der Waals surface area contributed by atoms with Gasteiger partial charge in [-0.2, -0.15) is 0 Å². The predicted octanol–water partition coefficient (Wildman–Crippen LogP) is 4.54. The minimum atomic E-state index is -1.09. The number of rotatable bonds is 6. The van der Waals surface area contributed by atoms with Crippen LogP contribution >= 0.6 is 24.0 Å². The molecule has 5 nitrogen and oxygen atoms in total. The molecule has 27 heavy (non-hydrogen) atoms. The Labute approximate surface area is 164 Å². The minimum Gasteiger partial charge on any atom is -0.480 e. The van der Waals surface area contributed by atoms with E-state index in [2.05, 4.69) is 0 Å². The van der Waals surface area contributed by atoms with Gasteiger partial charge in [-0.25, -0.2) is 9.18 Å². The molecule has 2 heterocycles. The maximum atomic E-state index is 13.9. The Morgan fingerprint density at radius 2 is 2.11 bits per heavy atom. The number of benzene rings is 1. The zero-order valence-electron chi connectivity index (χ0n) is 14.3. The molecular weight excluding hydrogens is 389 g/mol. The van der Waals surface area contributed by atoms with Gasteiger partial charge < -0.3 is 9.52 Å². The summed E-state index contributed by atoms with van der Waals surface area (Å²) in [6, 6.07) is 8.47. The number of hydrogen-bond donors (Lipinski definition) is 1. The molecular formula is C19H16FNO4S2. The molecule has 1 aliphatic heterocycles. The van der Waals surface area contributed by atoms with Gasteiger partial charge in [0.05, 0.1) is 10.5 Å². The second kappa shape index (κ2) is 8.06. The van der Waals surface area contributed by atoms with E-state index < -0.39 is 23.7 Å². The first kappa shape index (κ1) is 19.3. The van der Waals surface area contributed by atoms with Crippen molar-refractivity contribution in [1.82, 2.24) is 4.90 Å². The maximum absolute atomic E-state index is 13.9. The van der Waals surface area contributed by atoms with Crippen molar-refractivity contribution in [2.24, 2.45) is 0 Å². The number of aliphatic carboxylic acids is 1. The van der Waals surface area contributed by atoms with Crippen molar-refractivity contribution in [2.75, 3.05) is 0 Å². The molecule has 1 atom stereocenters. The third kappa shape index (κ3) is 3.96. The van der Waals surface area contributed by atoms with Crippen LogP contribution in [0, 0.1) is 5.82 Å². The number of carboxylic acid groups (broad SMARTS) is 1. The molecule has 0 bridgehead atoms. The lowest BCUT2D eigenvalue weighted by Gasteiger charge is -2.22. The molecule has 1 amide bonds. The second-order valence-electron chi connectivity index (χ2n) is 5.88. The Balaban J connectivity index is 1.86. The van der Waals surface area contributed by atoms with Crippen LogP contribution in [0.25, 0.3) is 17.4 Å². The number of hydrogen-bond acceptors (Lipinski definition) is 5. The molecule has 140 valence electrons. The fourth-order valence-electron chi connectivity index (χ4n) is 2.75. The van der Waals surface area contributed by atoms with Crippen molar-refractivity contribution in [3.63, 3.8) is 0 Å². The van der Waals surface area contributed by atoms with E-state index in [9.17, 15) is 19.1 Å². The SMILES string of the molecule is CCCC(C(=O)O)N1C(=O)/C(=C\c2ccc(-c3ccccc3F)o2)SC1=S. The smallest absolute Gasteiger partial charge is 0.326 e. The van der Waals surface area contributed by atoms with Gasteiger partial charge in [-0.3, -0.25) is 9.69 Å². The first-order valence-electron chi connectivity index (χ1n) is 8.27. The van der Waals surface area contributed by atoms with Crippen LogP contribution < -0.4 is 0 Å². The van der Waals surface area contributed by atoms with E-state index in [4.69, 9.17) is 16.6 Å². The van der Waals surface area contributed by atoms with Crippen molar-refractivity contribution >= 4 is 46.3 Å². The molecule has 0 radical (unpaired) electrons. The number of carboxylic acids is 1. The molecule has 1 N–H and O–H groups in total. The highest BCUT2D eigenvalue weighted by atomic mass is 32.2. The normalized spacial score (nSPS) is 17.0. The summed E-state index contributed by atoms with van der Waals surface area (Å²) >= 11 is 6.23. The third-order valence-corrected chi connectivity index (χ3v) is 5.35. The number of thiocarbonyl (C=S) groups is 1. The third-order valence-electron chi connectivity index (χ3n) is 4.02. The van der Waals surface area contributed by atoms with Crippen LogP contribution in [0.4, 0.5) is 4.39 Å². The summed E-state index contributed by atoms with van der Waals surface area (Å²) in [7, 11) is 0. The molecule has 8 heteroatoms. The summed E-state index contributed by atoms with van der Waals surface area (Å²) in [4.78, 5) is 25.6. The van der Waals surface area contributed by atoms with Crippen LogP contribution in [-0.4, -0.2) is 32.2 Å². The summed E-state index contributed by atoms with van der Waals surface area (Å²) in [5, 5.41) is 9.40. The number of amides is 1. The van der Waals surface area contributed by atoms with Gasteiger partial charge in [0, 0.05) is 6.08 Å². The van der Waals surface area contributed by atoms with Crippen molar-refractivity contribution < 1.29 is 23.5 Å². The van der Waals surface area contributed by atoms with E-state index >= 15 is 0 Å². The number of nitrogens with zero attached hydrogens (tertiary/aromatic N) is 1. The Bertz CT molecular complexity index is 937. The van der Waals surface area contributed by atoms with Crippen LogP contribution in [0.3, 0.4) is 0 Å². The number of thioether (sulfide) groups is 1. The Morgan fingerprint density at radius 3 is 2.78 bits per heavy atom. The lowest BCUT2D eigenvalue weighted by Crippen LogP contribution is -2.43. The molecule has 3 rings (SSSR count). The van der Waals surface area contributed by atoms with Gasteiger partial charge >= 0.3 is 5.97 Å². The number of halogens is 1. The largest absolute Gasteiger partial charge is 0.480 e. The first-order valence-corrected chi connectivity index (χ1v) is 9.49. The van der Waals surface area contributed by atoms with Crippen LogP contribution in [-0.2, 0) is 9.59 Å². The first-order chi connectivity index (χ1) is 12.9. The van der Waals surface area contributed by atoms with Crippen LogP contribution in [0.2, 0.25) is 0 Å². The molecule has 0 spiro atoms. The number of furan rings is 1. The molecule has 1 unspecified atom stereocenters. The molecule has 1 fully saturated rings.